The van der Waals surface area contributed by atoms with Crippen LogP contribution in [0.4, 0.5) is 5.82 Å². The Balaban J connectivity index is 2.30. The van der Waals surface area contributed by atoms with Gasteiger partial charge in [0.05, 0.1) is 10.6 Å². The molecule has 0 unspecified atom stereocenters. The van der Waals surface area contributed by atoms with E-state index in [2.05, 4.69) is 11.9 Å². The summed E-state index contributed by atoms with van der Waals surface area (Å²) in [5.41, 5.74) is 6.63. The van der Waals surface area contributed by atoms with E-state index in [9.17, 15) is 4.79 Å². The number of nitrogens with zero attached hydrogens (tertiary/aromatic N) is 1. The third kappa shape index (κ3) is 3.28. The highest BCUT2D eigenvalue weighted by Gasteiger charge is 2.13. The fourth-order valence-electron chi connectivity index (χ4n) is 1.66. The Labute approximate surface area is 121 Å². The fraction of sp³-hybridized carbons (Fsp3) is 0.143. The van der Waals surface area contributed by atoms with Gasteiger partial charge in [0.15, 0.2) is 5.78 Å². The van der Waals surface area contributed by atoms with Crippen LogP contribution in [0.3, 0.4) is 0 Å². The average molecular weight is 293 g/mol. The largest absolute Gasteiger partial charge is 0.383 e. The number of halogens is 1. The maximum absolute atomic E-state index is 12.3. The van der Waals surface area contributed by atoms with Crippen molar-refractivity contribution in [2.24, 2.45) is 0 Å². The minimum atomic E-state index is -0.166. The second-order valence-corrected chi connectivity index (χ2v) is 5.65. The topological polar surface area (TPSA) is 56.0 Å². The van der Waals surface area contributed by atoms with Crippen LogP contribution in [0.15, 0.2) is 41.4 Å². The van der Waals surface area contributed by atoms with E-state index in [0.717, 1.165) is 10.6 Å². The van der Waals surface area contributed by atoms with Crippen molar-refractivity contribution in [1.82, 2.24) is 4.98 Å². The van der Waals surface area contributed by atoms with Gasteiger partial charge in [-0.05, 0) is 36.1 Å². The monoisotopic (exact) mass is 292 g/mol. The number of nitrogens with two attached hydrogens (primary N) is 1. The number of carbonyl (C=O) groups is 1. The quantitative estimate of drug-likeness (QED) is 0.690. The van der Waals surface area contributed by atoms with Crippen LogP contribution in [0.5, 0.6) is 0 Å². The summed E-state index contributed by atoms with van der Waals surface area (Å²) in [6.45, 7) is 2.09. The lowest BCUT2D eigenvalue weighted by Gasteiger charge is -2.05. The average Bonchev–Trinajstić information content (AvgIpc) is 2.42. The molecule has 1 heterocycles. The Kier molecular flexibility index (Phi) is 4.45. The number of thioether (sulfide) groups is 1. The summed E-state index contributed by atoms with van der Waals surface area (Å²) >= 11 is 7.57. The number of anilines is 1. The summed E-state index contributed by atoms with van der Waals surface area (Å²) in [4.78, 5) is 17.3. The van der Waals surface area contributed by atoms with Crippen molar-refractivity contribution >= 4 is 35.0 Å². The highest BCUT2D eigenvalue weighted by Crippen LogP contribution is 2.22. The minimum Gasteiger partial charge on any atom is -0.383 e. The molecular formula is C14H13ClN2OS. The molecule has 0 bridgehead atoms. The van der Waals surface area contributed by atoms with Crippen LogP contribution in [0, 0.1) is 0 Å². The lowest BCUT2D eigenvalue weighted by molar-refractivity contribution is 0.103. The molecule has 1 aromatic heterocycles. The molecule has 0 fully saturated rings. The Hall–Kier alpha value is -1.52. The van der Waals surface area contributed by atoms with E-state index < -0.39 is 0 Å². The molecule has 0 aliphatic heterocycles. The van der Waals surface area contributed by atoms with Crippen LogP contribution in [0.2, 0.25) is 5.02 Å². The molecule has 0 aliphatic rings. The van der Waals surface area contributed by atoms with Crippen LogP contribution in [0.25, 0.3) is 0 Å². The van der Waals surface area contributed by atoms with Gasteiger partial charge in [-0.3, -0.25) is 4.79 Å². The number of pyridine rings is 1. The van der Waals surface area contributed by atoms with Crippen molar-refractivity contribution in [3.8, 4) is 0 Å². The minimum absolute atomic E-state index is 0.166. The van der Waals surface area contributed by atoms with E-state index in [-0.39, 0.29) is 11.6 Å². The molecule has 0 atom stereocenters. The molecule has 2 N–H and O–H groups in total. The van der Waals surface area contributed by atoms with E-state index in [4.69, 9.17) is 17.3 Å². The van der Waals surface area contributed by atoms with E-state index in [1.807, 2.05) is 12.1 Å². The van der Waals surface area contributed by atoms with Crippen molar-refractivity contribution in [2.45, 2.75) is 11.8 Å². The van der Waals surface area contributed by atoms with Crippen LogP contribution < -0.4 is 5.73 Å². The van der Waals surface area contributed by atoms with E-state index in [1.165, 1.54) is 6.20 Å². The molecule has 19 heavy (non-hydrogen) atoms. The van der Waals surface area contributed by atoms with Gasteiger partial charge in [0, 0.05) is 16.7 Å². The number of aromatic nitrogens is 1. The summed E-state index contributed by atoms with van der Waals surface area (Å²) in [7, 11) is 0. The number of hydrogen-bond donors (Lipinski definition) is 1. The molecule has 1 aromatic carbocycles. The molecular weight excluding hydrogens is 280 g/mol. The maximum atomic E-state index is 12.3. The van der Waals surface area contributed by atoms with Crippen molar-refractivity contribution in [2.75, 3.05) is 11.5 Å². The van der Waals surface area contributed by atoms with Gasteiger partial charge in [0.1, 0.15) is 5.82 Å². The van der Waals surface area contributed by atoms with Crippen LogP contribution in [-0.4, -0.2) is 16.5 Å². The van der Waals surface area contributed by atoms with Crippen molar-refractivity contribution < 1.29 is 4.79 Å². The first-order chi connectivity index (χ1) is 9.11. The normalized spacial score (nSPS) is 10.4. The summed E-state index contributed by atoms with van der Waals surface area (Å²) in [5, 5.41) is 0.399. The second kappa shape index (κ2) is 6.08. The molecule has 0 radical (unpaired) electrons. The Morgan fingerprint density at radius 1 is 1.37 bits per heavy atom. The third-order valence-corrected chi connectivity index (χ3v) is 3.66. The molecule has 0 saturated heterocycles. The second-order valence-electron chi connectivity index (χ2n) is 3.87. The number of hydrogen-bond acceptors (Lipinski definition) is 4. The van der Waals surface area contributed by atoms with E-state index in [1.54, 1.807) is 30.0 Å². The van der Waals surface area contributed by atoms with Gasteiger partial charge in [-0.2, -0.15) is 0 Å². The number of ketones is 1. The van der Waals surface area contributed by atoms with Crippen LogP contribution >= 0.6 is 23.4 Å². The molecule has 2 aromatic rings. The summed E-state index contributed by atoms with van der Waals surface area (Å²) < 4.78 is 0. The maximum Gasteiger partial charge on any atom is 0.196 e. The molecule has 0 amide bonds. The van der Waals surface area contributed by atoms with Crippen LogP contribution in [0.1, 0.15) is 22.8 Å². The number of carbonyl (C=O) groups excluding carboxylic acids is 1. The van der Waals surface area contributed by atoms with Crippen molar-refractivity contribution in [3.63, 3.8) is 0 Å². The SMILES string of the molecule is CCSc1ccc(C(=O)c2cc(Cl)cnc2N)cc1. The first kappa shape index (κ1) is 13.9. The van der Waals surface area contributed by atoms with Gasteiger partial charge in [0.25, 0.3) is 0 Å². The number of rotatable bonds is 4. The number of benzene rings is 1. The predicted octanol–water partition coefficient (Wildman–Crippen LogP) is 3.66. The molecule has 5 heteroatoms. The molecule has 0 aliphatic carbocycles. The number of nitrogen functional groups attached to an aromatic ring is 1. The Bertz CT molecular complexity index is 599. The van der Waals surface area contributed by atoms with E-state index >= 15 is 0 Å². The third-order valence-electron chi connectivity index (χ3n) is 2.56. The Morgan fingerprint density at radius 3 is 2.68 bits per heavy atom. The Morgan fingerprint density at radius 2 is 2.05 bits per heavy atom. The van der Waals surface area contributed by atoms with Crippen molar-refractivity contribution in [1.29, 1.82) is 0 Å². The first-order valence-electron chi connectivity index (χ1n) is 5.80. The van der Waals surface area contributed by atoms with Gasteiger partial charge in [-0.1, -0.05) is 18.5 Å². The molecule has 98 valence electrons. The van der Waals surface area contributed by atoms with Gasteiger partial charge in [0.2, 0.25) is 0 Å². The standard InChI is InChI=1S/C14H13ClN2OS/c1-2-19-11-5-3-9(4-6-11)13(18)12-7-10(15)8-17-14(12)16/h3-8H,2H2,1H3,(H2,16,17). The summed E-state index contributed by atoms with van der Waals surface area (Å²) in [6, 6.07) is 8.98. The predicted molar refractivity (Wildman–Crippen MR) is 79.9 cm³/mol. The van der Waals surface area contributed by atoms with Crippen molar-refractivity contribution in [3.05, 3.63) is 52.7 Å². The molecule has 0 spiro atoms. The smallest absolute Gasteiger partial charge is 0.196 e. The molecule has 0 saturated carbocycles. The lowest BCUT2D eigenvalue weighted by atomic mass is 10.0. The molecule has 3 nitrogen and oxygen atoms in total. The van der Waals surface area contributed by atoms with Gasteiger partial charge in [-0.15, -0.1) is 11.8 Å². The van der Waals surface area contributed by atoms with Crippen LogP contribution in [-0.2, 0) is 0 Å². The summed E-state index contributed by atoms with van der Waals surface area (Å²) in [5.74, 6) is 1.03. The van der Waals surface area contributed by atoms with Gasteiger partial charge in [-0.25, -0.2) is 4.98 Å². The zero-order chi connectivity index (χ0) is 13.8. The van der Waals surface area contributed by atoms with Gasteiger partial charge >= 0.3 is 0 Å². The summed E-state index contributed by atoms with van der Waals surface area (Å²) in [6.07, 6.45) is 1.43. The van der Waals surface area contributed by atoms with Gasteiger partial charge < -0.3 is 5.73 Å². The zero-order valence-electron chi connectivity index (χ0n) is 10.4. The first-order valence-corrected chi connectivity index (χ1v) is 7.16. The lowest BCUT2D eigenvalue weighted by Crippen LogP contribution is -2.06. The highest BCUT2D eigenvalue weighted by atomic mass is 35.5. The zero-order valence-corrected chi connectivity index (χ0v) is 12.0. The molecule has 2 rings (SSSR count). The van der Waals surface area contributed by atoms with E-state index in [0.29, 0.717) is 16.1 Å². The highest BCUT2D eigenvalue weighted by molar-refractivity contribution is 7.99. The fourth-order valence-corrected chi connectivity index (χ4v) is 2.48.